The molecule has 1 N–H and O–H groups in total. The molecule has 0 bridgehead atoms. The van der Waals surface area contributed by atoms with Gasteiger partial charge in [0.15, 0.2) is 6.10 Å². The molecule has 0 radical (unpaired) electrons. The second-order valence-corrected chi connectivity index (χ2v) is 11.2. The number of thioether (sulfide) groups is 1. The standard InChI is InChI=1S/C29H26N2O6S2/c1-18(32)36-16-21-17-39-28-24(30-23(33)15-22-13-8-14-38-22)27(34)31(28)25(21)29(35)37-26(19-9-4-2-5-10-19)20-11-6-3-7-12-20/h2-14,24,26,28H,15-17H2,1H3,(H,30,33)/t24-,28+/m1/s1. The second kappa shape index (κ2) is 11.9. The van der Waals surface area contributed by atoms with Gasteiger partial charge in [-0.25, -0.2) is 4.79 Å². The maximum absolute atomic E-state index is 13.8. The third-order valence-electron chi connectivity index (χ3n) is 6.35. The zero-order chi connectivity index (χ0) is 27.4. The summed E-state index contributed by atoms with van der Waals surface area (Å²) in [5.41, 5.74) is 2.09. The fourth-order valence-corrected chi connectivity index (χ4v) is 6.55. The van der Waals surface area contributed by atoms with Crippen molar-refractivity contribution in [2.75, 3.05) is 12.4 Å². The van der Waals surface area contributed by atoms with Crippen molar-refractivity contribution >= 4 is 46.9 Å². The number of fused-ring (bicyclic) bond motifs is 1. The number of esters is 2. The lowest BCUT2D eigenvalue weighted by Gasteiger charge is -2.49. The smallest absolute Gasteiger partial charge is 0.356 e. The first kappa shape index (κ1) is 26.7. The highest BCUT2D eigenvalue weighted by Gasteiger charge is 2.54. The molecule has 3 heterocycles. The fourth-order valence-electron chi connectivity index (χ4n) is 4.51. The summed E-state index contributed by atoms with van der Waals surface area (Å²) in [5, 5.41) is 4.23. The van der Waals surface area contributed by atoms with Crippen molar-refractivity contribution < 1.29 is 28.7 Å². The minimum atomic E-state index is -0.764. The monoisotopic (exact) mass is 562 g/mol. The number of amides is 2. The number of hydrogen-bond acceptors (Lipinski definition) is 8. The first-order valence-corrected chi connectivity index (χ1v) is 14.3. The molecule has 200 valence electrons. The van der Waals surface area contributed by atoms with E-state index < -0.39 is 35.4 Å². The molecule has 2 aliphatic heterocycles. The van der Waals surface area contributed by atoms with E-state index in [-0.39, 0.29) is 24.6 Å². The van der Waals surface area contributed by atoms with Gasteiger partial charge in [-0.15, -0.1) is 23.1 Å². The zero-order valence-electron chi connectivity index (χ0n) is 21.1. The largest absolute Gasteiger partial charge is 0.461 e. The van der Waals surface area contributed by atoms with E-state index in [9.17, 15) is 19.2 Å². The molecule has 2 amide bonds. The van der Waals surface area contributed by atoms with Crippen LogP contribution in [0, 0.1) is 0 Å². The van der Waals surface area contributed by atoms with Gasteiger partial charge in [0.2, 0.25) is 5.91 Å². The normalized spacial score (nSPS) is 18.3. The number of β-lactam (4-membered cyclic amide) rings is 1. The Kier molecular flexibility index (Phi) is 8.13. The molecule has 3 aromatic rings. The summed E-state index contributed by atoms with van der Waals surface area (Å²) in [6, 6.07) is 21.6. The van der Waals surface area contributed by atoms with Crippen LogP contribution in [0.3, 0.4) is 0 Å². The minimum absolute atomic E-state index is 0.0608. The number of carbonyl (C=O) groups excluding carboxylic acids is 4. The van der Waals surface area contributed by atoms with Crippen LogP contribution in [0.25, 0.3) is 0 Å². The summed E-state index contributed by atoms with van der Waals surface area (Å²) in [6.45, 7) is 1.14. The van der Waals surface area contributed by atoms with Gasteiger partial charge in [-0.2, -0.15) is 0 Å². The summed E-state index contributed by atoms with van der Waals surface area (Å²) in [7, 11) is 0. The van der Waals surface area contributed by atoms with Crippen LogP contribution in [-0.2, 0) is 35.1 Å². The number of benzene rings is 2. The molecule has 0 saturated carbocycles. The Bertz CT molecular complexity index is 1350. The van der Waals surface area contributed by atoms with Crippen molar-refractivity contribution in [1.82, 2.24) is 10.2 Å². The van der Waals surface area contributed by atoms with Crippen molar-refractivity contribution in [2.24, 2.45) is 0 Å². The Hall–Kier alpha value is -3.89. The van der Waals surface area contributed by atoms with Crippen LogP contribution in [0.4, 0.5) is 0 Å². The molecule has 10 heteroatoms. The molecule has 2 atom stereocenters. The maximum Gasteiger partial charge on any atom is 0.356 e. The zero-order valence-corrected chi connectivity index (χ0v) is 22.7. The number of thiophene rings is 1. The van der Waals surface area contributed by atoms with Crippen LogP contribution in [-0.4, -0.2) is 52.4 Å². The topological polar surface area (TPSA) is 102 Å². The lowest BCUT2D eigenvalue weighted by Crippen LogP contribution is -2.70. The molecule has 0 aliphatic carbocycles. The van der Waals surface area contributed by atoms with E-state index in [1.165, 1.54) is 34.9 Å². The van der Waals surface area contributed by atoms with Crippen molar-refractivity contribution in [3.63, 3.8) is 0 Å². The molecule has 1 fully saturated rings. The fraction of sp³-hybridized carbons (Fsp3) is 0.241. The van der Waals surface area contributed by atoms with E-state index in [2.05, 4.69) is 5.32 Å². The Morgan fingerprint density at radius 2 is 1.67 bits per heavy atom. The van der Waals surface area contributed by atoms with Gasteiger partial charge in [-0.05, 0) is 22.6 Å². The lowest BCUT2D eigenvalue weighted by atomic mass is 10.0. The Morgan fingerprint density at radius 3 is 2.26 bits per heavy atom. The number of ether oxygens (including phenoxy) is 2. The van der Waals surface area contributed by atoms with Crippen molar-refractivity contribution in [3.8, 4) is 0 Å². The quantitative estimate of drug-likeness (QED) is 0.312. The third kappa shape index (κ3) is 5.91. The van der Waals surface area contributed by atoms with E-state index in [0.717, 1.165) is 16.0 Å². The maximum atomic E-state index is 13.8. The first-order valence-electron chi connectivity index (χ1n) is 12.3. The summed E-state index contributed by atoms with van der Waals surface area (Å²) >= 11 is 2.87. The first-order chi connectivity index (χ1) is 18.9. The molecule has 0 spiro atoms. The van der Waals surface area contributed by atoms with Crippen LogP contribution in [0.1, 0.15) is 29.0 Å². The number of rotatable bonds is 9. The average Bonchev–Trinajstić information content (AvgIpc) is 3.46. The minimum Gasteiger partial charge on any atom is -0.461 e. The average molecular weight is 563 g/mol. The molecule has 8 nitrogen and oxygen atoms in total. The summed E-state index contributed by atoms with van der Waals surface area (Å²) in [4.78, 5) is 53.5. The van der Waals surface area contributed by atoms with Crippen molar-refractivity contribution in [3.05, 3.63) is 105 Å². The lowest BCUT2D eigenvalue weighted by molar-refractivity contribution is -0.155. The number of nitrogens with zero attached hydrogens (tertiary/aromatic N) is 1. The summed E-state index contributed by atoms with van der Waals surface area (Å²) < 4.78 is 11.3. The van der Waals surface area contributed by atoms with Gasteiger partial charge in [0.25, 0.3) is 5.91 Å². The van der Waals surface area contributed by atoms with E-state index in [1.807, 2.05) is 78.2 Å². The van der Waals surface area contributed by atoms with Gasteiger partial charge in [0.1, 0.15) is 23.7 Å². The van der Waals surface area contributed by atoms with Crippen LogP contribution < -0.4 is 5.32 Å². The van der Waals surface area contributed by atoms with Gasteiger partial charge in [-0.3, -0.25) is 19.3 Å². The summed E-state index contributed by atoms with van der Waals surface area (Å²) in [6.07, 6.45) is -0.537. The predicted octanol–water partition coefficient (Wildman–Crippen LogP) is 3.84. The molecule has 2 aromatic carbocycles. The van der Waals surface area contributed by atoms with E-state index in [0.29, 0.717) is 11.3 Å². The molecular weight excluding hydrogens is 536 g/mol. The van der Waals surface area contributed by atoms with Gasteiger partial charge >= 0.3 is 11.9 Å². The van der Waals surface area contributed by atoms with Crippen LogP contribution in [0.2, 0.25) is 0 Å². The predicted molar refractivity (Wildman–Crippen MR) is 148 cm³/mol. The summed E-state index contributed by atoms with van der Waals surface area (Å²) in [5.74, 6) is -1.53. The van der Waals surface area contributed by atoms with Gasteiger partial charge in [0, 0.05) is 23.1 Å². The van der Waals surface area contributed by atoms with Gasteiger partial charge in [0.05, 0.1) is 6.42 Å². The van der Waals surface area contributed by atoms with Crippen molar-refractivity contribution in [1.29, 1.82) is 0 Å². The van der Waals surface area contributed by atoms with E-state index in [4.69, 9.17) is 9.47 Å². The van der Waals surface area contributed by atoms with Gasteiger partial charge in [-0.1, -0.05) is 66.7 Å². The number of nitrogens with one attached hydrogen (secondary N) is 1. The Morgan fingerprint density at radius 1 is 1.00 bits per heavy atom. The molecule has 0 unspecified atom stereocenters. The van der Waals surface area contributed by atoms with Gasteiger partial charge < -0.3 is 14.8 Å². The van der Waals surface area contributed by atoms with Crippen LogP contribution in [0.5, 0.6) is 0 Å². The molecule has 1 saturated heterocycles. The van der Waals surface area contributed by atoms with Crippen LogP contribution >= 0.6 is 23.1 Å². The highest BCUT2D eigenvalue weighted by atomic mass is 32.2. The Labute approximate surface area is 234 Å². The highest BCUT2D eigenvalue weighted by Crippen LogP contribution is 2.41. The molecular formula is C29H26N2O6S2. The molecule has 5 rings (SSSR count). The van der Waals surface area contributed by atoms with E-state index >= 15 is 0 Å². The molecule has 1 aromatic heterocycles. The SMILES string of the molecule is CC(=O)OCC1=C(C(=O)OC(c2ccccc2)c2ccccc2)N2C(=O)[C@@H](NC(=O)Cc3cccs3)[C@@H]2SC1. The number of carbonyl (C=O) groups is 4. The Balaban J connectivity index is 1.40. The van der Waals surface area contributed by atoms with Crippen molar-refractivity contribution in [2.45, 2.75) is 30.9 Å². The highest BCUT2D eigenvalue weighted by molar-refractivity contribution is 8.00. The van der Waals surface area contributed by atoms with E-state index in [1.54, 1.807) is 0 Å². The van der Waals surface area contributed by atoms with Crippen LogP contribution in [0.15, 0.2) is 89.4 Å². The molecule has 39 heavy (non-hydrogen) atoms. The number of hydrogen-bond donors (Lipinski definition) is 1. The molecule has 2 aliphatic rings. The second-order valence-electron chi connectivity index (χ2n) is 9.05. The third-order valence-corrected chi connectivity index (χ3v) is 8.57.